The zero-order chi connectivity index (χ0) is 22.8. The number of amides is 1. The number of aromatic nitrogens is 2. The van der Waals surface area contributed by atoms with E-state index in [1.165, 1.54) is 32.1 Å². The van der Waals surface area contributed by atoms with Crippen molar-refractivity contribution in [1.82, 2.24) is 15.1 Å². The lowest BCUT2D eigenvalue weighted by Gasteiger charge is -2.28. The van der Waals surface area contributed by atoms with Crippen molar-refractivity contribution in [3.05, 3.63) is 55.4 Å². The molecule has 0 saturated heterocycles. The molecule has 1 fully saturated rings. The highest BCUT2D eigenvalue weighted by atomic mass is 79.9. The van der Waals surface area contributed by atoms with Crippen LogP contribution >= 0.6 is 50.5 Å². The molecule has 2 aromatic heterocycles. The number of hydrogen-bond donors (Lipinski definition) is 1. The molecule has 2 heterocycles. The predicted octanol–water partition coefficient (Wildman–Crippen LogP) is 7.93. The molecule has 32 heavy (non-hydrogen) atoms. The van der Waals surface area contributed by atoms with Crippen molar-refractivity contribution in [2.45, 2.75) is 58.4 Å². The van der Waals surface area contributed by atoms with Gasteiger partial charge in [-0.1, -0.05) is 49.4 Å². The molecule has 8 heteroatoms. The van der Waals surface area contributed by atoms with Crippen LogP contribution in [0.4, 0.5) is 0 Å². The van der Waals surface area contributed by atoms with E-state index in [1.807, 2.05) is 18.2 Å². The van der Waals surface area contributed by atoms with Crippen LogP contribution in [0.3, 0.4) is 0 Å². The Morgan fingerprint density at radius 1 is 1.25 bits per heavy atom. The Hall–Kier alpha value is -1.34. The van der Waals surface area contributed by atoms with Gasteiger partial charge >= 0.3 is 0 Å². The molecule has 0 spiro atoms. The van der Waals surface area contributed by atoms with Gasteiger partial charge in [0.1, 0.15) is 0 Å². The van der Waals surface area contributed by atoms with E-state index in [2.05, 4.69) is 35.1 Å². The number of hydrogen-bond acceptors (Lipinski definition) is 3. The highest BCUT2D eigenvalue weighted by molar-refractivity contribution is 9.11. The molecule has 1 aliphatic rings. The first-order valence-corrected chi connectivity index (χ1v) is 13.4. The average Bonchev–Trinajstić information content (AvgIpc) is 3.37. The second-order valence-corrected chi connectivity index (χ2v) is 11.6. The maximum Gasteiger partial charge on any atom is 0.272 e. The van der Waals surface area contributed by atoms with Crippen molar-refractivity contribution >= 4 is 56.4 Å². The van der Waals surface area contributed by atoms with Crippen molar-refractivity contribution < 1.29 is 4.79 Å². The fraction of sp³-hybridized carbons (Fsp3) is 0.417. The van der Waals surface area contributed by atoms with E-state index < -0.39 is 0 Å². The number of rotatable bonds is 6. The Kier molecular flexibility index (Phi) is 7.65. The van der Waals surface area contributed by atoms with E-state index in [0.717, 1.165) is 19.9 Å². The molecular weight excluding hydrogens is 529 g/mol. The summed E-state index contributed by atoms with van der Waals surface area (Å²) in [5.41, 5.74) is 2.96. The number of halogens is 3. The van der Waals surface area contributed by atoms with Crippen LogP contribution in [0.1, 0.15) is 62.0 Å². The SMILES string of the molecule is CCc1c(C(=O)NC(C)C2CCCCC2)nn(-c2ccc(Cl)cc2Cl)c1-c1ccc(Br)s1. The monoisotopic (exact) mass is 553 g/mol. The molecule has 1 aromatic carbocycles. The van der Waals surface area contributed by atoms with E-state index >= 15 is 0 Å². The summed E-state index contributed by atoms with van der Waals surface area (Å²) in [5.74, 6) is 0.402. The minimum atomic E-state index is -0.124. The third kappa shape index (κ3) is 4.93. The third-order valence-electron chi connectivity index (χ3n) is 6.21. The van der Waals surface area contributed by atoms with Gasteiger partial charge in [-0.05, 0) is 78.4 Å². The molecule has 4 nitrogen and oxygen atoms in total. The van der Waals surface area contributed by atoms with Crippen LogP contribution in [-0.2, 0) is 6.42 Å². The Morgan fingerprint density at radius 2 is 2.00 bits per heavy atom. The van der Waals surface area contributed by atoms with Gasteiger partial charge in [-0.25, -0.2) is 4.68 Å². The normalized spacial score (nSPS) is 15.7. The molecule has 3 aromatic rings. The predicted molar refractivity (Wildman–Crippen MR) is 137 cm³/mol. The van der Waals surface area contributed by atoms with Crippen LogP contribution < -0.4 is 5.32 Å². The maximum absolute atomic E-state index is 13.4. The number of thiophene rings is 1. The average molecular weight is 555 g/mol. The van der Waals surface area contributed by atoms with E-state index in [0.29, 0.717) is 33.8 Å². The Balaban J connectivity index is 1.77. The number of carbonyl (C=O) groups is 1. The van der Waals surface area contributed by atoms with Gasteiger partial charge in [0, 0.05) is 16.6 Å². The van der Waals surface area contributed by atoms with Crippen molar-refractivity contribution in [1.29, 1.82) is 0 Å². The molecule has 0 aliphatic heterocycles. The first-order chi connectivity index (χ1) is 15.4. The van der Waals surface area contributed by atoms with Gasteiger partial charge in [0.15, 0.2) is 5.69 Å². The second-order valence-electron chi connectivity index (χ2n) is 8.30. The van der Waals surface area contributed by atoms with Crippen LogP contribution in [0.25, 0.3) is 16.3 Å². The highest BCUT2D eigenvalue weighted by Gasteiger charge is 2.28. The molecule has 1 saturated carbocycles. The van der Waals surface area contributed by atoms with Crippen LogP contribution in [0, 0.1) is 5.92 Å². The lowest BCUT2D eigenvalue weighted by molar-refractivity contribution is 0.0913. The van der Waals surface area contributed by atoms with E-state index in [1.54, 1.807) is 28.2 Å². The fourth-order valence-electron chi connectivity index (χ4n) is 4.52. The van der Waals surface area contributed by atoms with Crippen molar-refractivity contribution in [2.75, 3.05) is 0 Å². The molecule has 1 amide bonds. The standard InChI is InChI=1S/C24H26BrCl2N3OS/c1-3-17-22(24(31)28-14(2)15-7-5-4-6-8-15)29-30(19-10-9-16(26)13-18(19)27)23(17)20-11-12-21(25)32-20/h9-15H,3-8H2,1-2H3,(H,28,31). The molecule has 4 rings (SSSR count). The van der Waals surface area contributed by atoms with Gasteiger partial charge in [0.05, 0.1) is 25.1 Å². The van der Waals surface area contributed by atoms with Crippen molar-refractivity contribution in [3.8, 4) is 16.3 Å². The summed E-state index contributed by atoms with van der Waals surface area (Å²) < 4.78 is 2.80. The van der Waals surface area contributed by atoms with E-state index in [4.69, 9.17) is 28.3 Å². The van der Waals surface area contributed by atoms with Crippen LogP contribution in [0.15, 0.2) is 34.1 Å². The third-order valence-corrected chi connectivity index (χ3v) is 8.38. The minimum absolute atomic E-state index is 0.121. The fourth-order valence-corrected chi connectivity index (χ4v) is 6.45. The molecule has 1 atom stereocenters. The first-order valence-electron chi connectivity index (χ1n) is 11.0. The Labute approximate surface area is 211 Å². The van der Waals surface area contributed by atoms with Gasteiger partial charge < -0.3 is 5.32 Å². The number of benzene rings is 1. The lowest BCUT2D eigenvalue weighted by Crippen LogP contribution is -2.39. The molecule has 1 aliphatic carbocycles. The first kappa shape index (κ1) is 23.8. The quantitative estimate of drug-likeness (QED) is 0.336. The highest BCUT2D eigenvalue weighted by Crippen LogP contribution is 2.38. The molecule has 0 bridgehead atoms. The van der Waals surface area contributed by atoms with Gasteiger partial charge in [0.25, 0.3) is 5.91 Å². The second kappa shape index (κ2) is 10.3. The maximum atomic E-state index is 13.4. The Morgan fingerprint density at radius 3 is 2.62 bits per heavy atom. The summed E-state index contributed by atoms with van der Waals surface area (Å²) in [7, 11) is 0. The van der Waals surface area contributed by atoms with Crippen LogP contribution in [-0.4, -0.2) is 21.7 Å². The van der Waals surface area contributed by atoms with Gasteiger partial charge in [-0.2, -0.15) is 5.10 Å². The summed E-state index contributed by atoms with van der Waals surface area (Å²) in [6.45, 7) is 4.17. The zero-order valence-corrected chi connectivity index (χ0v) is 22.0. The van der Waals surface area contributed by atoms with Crippen LogP contribution in [0.5, 0.6) is 0 Å². The minimum Gasteiger partial charge on any atom is -0.348 e. The summed E-state index contributed by atoms with van der Waals surface area (Å²) >= 11 is 17.8. The summed E-state index contributed by atoms with van der Waals surface area (Å²) in [4.78, 5) is 14.4. The smallest absolute Gasteiger partial charge is 0.272 e. The van der Waals surface area contributed by atoms with E-state index in [9.17, 15) is 4.79 Å². The number of nitrogens with zero attached hydrogens (tertiary/aromatic N) is 2. The largest absolute Gasteiger partial charge is 0.348 e. The topological polar surface area (TPSA) is 46.9 Å². The van der Waals surface area contributed by atoms with Crippen LogP contribution in [0.2, 0.25) is 10.0 Å². The summed E-state index contributed by atoms with van der Waals surface area (Å²) in [6, 6.07) is 9.49. The Bertz CT molecular complexity index is 1120. The number of carbonyl (C=O) groups excluding carboxylic acids is 1. The van der Waals surface area contributed by atoms with Gasteiger partial charge in [-0.3, -0.25) is 4.79 Å². The molecular formula is C24H26BrCl2N3OS. The molecule has 1 unspecified atom stereocenters. The number of nitrogens with one attached hydrogen (secondary N) is 1. The molecule has 170 valence electrons. The lowest BCUT2D eigenvalue weighted by atomic mass is 9.84. The van der Waals surface area contributed by atoms with Gasteiger partial charge in [0.2, 0.25) is 0 Å². The zero-order valence-electron chi connectivity index (χ0n) is 18.1. The summed E-state index contributed by atoms with van der Waals surface area (Å²) in [6.07, 6.45) is 6.80. The van der Waals surface area contributed by atoms with Crippen molar-refractivity contribution in [3.63, 3.8) is 0 Å². The molecule has 1 N–H and O–H groups in total. The van der Waals surface area contributed by atoms with Gasteiger partial charge in [-0.15, -0.1) is 11.3 Å². The molecule has 0 radical (unpaired) electrons. The summed E-state index contributed by atoms with van der Waals surface area (Å²) in [5, 5.41) is 9.08. The van der Waals surface area contributed by atoms with Crippen molar-refractivity contribution in [2.24, 2.45) is 5.92 Å². The van der Waals surface area contributed by atoms with E-state index in [-0.39, 0.29) is 11.9 Å².